The Bertz CT molecular complexity index is 302. The van der Waals surface area contributed by atoms with Crippen LogP contribution in [0.5, 0.6) is 0 Å². The number of carboxylic acid groups (broad SMARTS) is 1. The van der Waals surface area contributed by atoms with E-state index in [0.717, 1.165) is 6.26 Å². The maximum Gasteiger partial charge on any atom is 0.325 e. The molecule has 76 valence electrons. The van der Waals surface area contributed by atoms with Crippen molar-refractivity contribution in [1.82, 2.24) is 5.32 Å². The first-order valence-electron chi connectivity index (χ1n) is 4.04. The molecule has 0 unspecified atom stereocenters. The van der Waals surface area contributed by atoms with Crippen LogP contribution in [-0.4, -0.2) is 43.6 Å². The summed E-state index contributed by atoms with van der Waals surface area (Å²) in [5.41, 5.74) is 0. The van der Waals surface area contributed by atoms with Gasteiger partial charge in [-0.1, -0.05) is 0 Å². The second-order valence-corrected chi connectivity index (χ2v) is 5.65. The number of aliphatic carboxylic acids is 1. The van der Waals surface area contributed by atoms with Gasteiger partial charge in [0.05, 0.1) is 0 Å². The van der Waals surface area contributed by atoms with Crippen molar-refractivity contribution >= 4 is 15.8 Å². The van der Waals surface area contributed by atoms with E-state index >= 15 is 0 Å². The first kappa shape index (κ1) is 10.5. The highest BCUT2D eigenvalue weighted by atomic mass is 32.2. The van der Waals surface area contributed by atoms with Gasteiger partial charge in [0, 0.05) is 6.26 Å². The lowest BCUT2D eigenvalue weighted by atomic mass is 9.97. The molecule has 0 saturated carbocycles. The monoisotopic (exact) mass is 207 g/mol. The van der Waals surface area contributed by atoms with E-state index in [4.69, 9.17) is 5.11 Å². The average molecular weight is 207 g/mol. The smallest absolute Gasteiger partial charge is 0.325 e. The van der Waals surface area contributed by atoms with E-state index in [1.807, 2.05) is 0 Å². The lowest BCUT2D eigenvalue weighted by molar-refractivity contribution is -0.140. The van der Waals surface area contributed by atoms with Crippen LogP contribution in [0.3, 0.4) is 0 Å². The normalized spacial score (nSPS) is 22.5. The van der Waals surface area contributed by atoms with Crippen LogP contribution in [-0.2, 0) is 14.6 Å². The molecule has 0 radical (unpaired) electrons. The maximum absolute atomic E-state index is 11.3. The van der Waals surface area contributed by atoms with Gasteiger partial charge in [0.2, 0.25) is 0 Å². The Kier molecular flexibility index (Phi) is 2.63. The van der Waals surface area contributed by atoms with Crippen LogP contribution in [0, 0.1) is 0 Å². The minimum atomic E-state index is -3.53. The third kappa shape index (κ3) is 1.68. The fraction of sp³-hybridized carbons (Fsp3) is 0.857. The summed E-state index contributed by atoms with van der Waals surface area (Å²) < 4.78 is 21.1. The van der Waals surface area contributed by atoms with E-state index in [2.05, 4.69) is 5.32 Å². The van der Waals surface area contributed by atoms with Gasteiger partial charge in [-0.05, 0) is 25.9 Å². The van der Waals surface area contributed by atoms with Gasteiger partial charge >= 0.3 is 5.97 Å². The molecule has 0 aromatic carbocycles. The zero-order valence-electron chi connectivity index (χ0n) is 7.41. The van der Waals surface area contributed by atoms with Gasteiger partial charge in [-0.25, -0.2) is 8.42 Å². The molecule has 0 aromatic heterocycles. The number of hydrogen-bond acceptors (Lipinski definition) is 4. The number of sulfone groups is 1. The predicted octanol–water partition coefficient (Wildman–Crippen LogP) is -0.762. The standard InChI is InChI=1S/C7H13NO4S/c1-13(11,12)7(6(9)10)2-4-8-5-3-7/h8H,2-5H2,1H3,(H,9,10). The summed E-state index contributed by atoms with van der Waals surface area (Å²) in [6.07, 6.45) is 1.30. The topological polar surface area (TPSA) is 83.5 Å². The lowest BCUT2D eigenvalue weighted by Gasteiger charge is -2.31. The van der Waals surface area contributed by atoms with Crippen molar-refractivity contribution in [2.45, 2.75) is 17.6 Å². The minimum Gasteiger partial charge on any atom is -0.480 e. The van der Waals surface area contributed by atoms with E-state index in [1.54, 1.807) is 0 Å². The van der Waals surface area contributed by atoms with Crippen LogP contribution in [0.1, 0.15) is 12.8 Å². The summed E-state index contributed by atoms with van der Waals surface area (Å²) >= 11 is 0. The fourth-order valence-corrected chi connectivity index (χ4v) is 2.84. The van der Waals surface area contributed by atoms with Crippen LogP contribution in [0.25, 0.3) is 0 Å². The fourth-order valence-electron chi connectivity index (χ4n) is 1.57. The van der Waals surface area contributed by atoms with Crippen molar-refractivity contribution < 1.29 is 18.3 Å². The first-order valence-corrected chi connectivity index (χ1v) is 5.93. The van der Waals surface area contributed by atoms with Crippen molar-refractivity contribution in [2.24, 2.45) is 0 Å². The Morgan fingerprint density at radius 3 is 2.08 bits per heavy atom. The molecule has 5 nitrogen and oxygen atoms in total. The SMILES string of the molecule is CS(=O)(=O)C1(C(=O)O)CCNCC1. The number of carbonyl (C=O) groups is 1. The molecule has 0 spiro atoms. The number of rotatable bonds is 2. The van der Waals surface area contributed by atoms with Crippen molar-refractivity contribution in [3.63, 3.8) is 0 Å². The van der Waals surface area contributed by atoms with Crippen LogP contribution < -0.4 is 5.32 Å². The molecule has 13 heavy (non-hydrogen) atoms. The molecule has 1 rings (SSSR count). The number of hydrogen-bond donors (Lipinski definition) is 2. The maximum atomic E-state index is 11.3. The molecule has 1 fully saturated rings. The Labute approximate surface area is 77.1 Å². The van der Waals surface area contributed by atoms with E-state index in [1.165, 1.54) is 0 Å². The van der Waals surface area contributed by atoms with Gasteiger partial charge in [-0.3, -0.25) is 4.79 Å². The van der Waals surface area contributed by atoms with Crippen LogP contribution >= 0.6 is 0 Å². The third-order valence-corrected chi connectivity index (χ3v) is 4.51. The van der Waals surface area contributed by atoms with Crippen molar-refractivity contribution in [1.29, 1.82) is 0 Å². The first-order chi connectivity index (χ1) is 5.90. The van der Waals surface area contributed by atoms with Gasteiger partial charge in [0.1, 0.15) is 0 Å². The Morgan fingerprint density at radius 2 is 1.85 bits per heavy atom. The molecule has 0 atom stereocenters. The molecule has 1 saturated heterocycles. The summed E-state index contributed by atoms with van der Waals surface area (Å²) in [5.74, 6) is -1.23. The molecule has 1 heterocycles. The molecular formula is C7H13NO4S. The molecule has 1 aliphatic heterocycles. The van der Waals surface area contributed by atoms with Crippen LogP contribution in [0.2, 0.25) is 0 Å². The Morgan fingerprint density at radius 1 is 1.38 bits per heavy atom. The Hall–Kier alpha value is -0.620. The summed E-state index contributed by atoms with van der Waals surface area (Å²) in [5, 5.41) is 11.9. The third-order valence-electron chi connectivity index (χ3n) is 2.51. The van der Waals surface area contributed by atoms with Crippen LogP contribution in [0.15, 0.2) is 0 Å². The highest BCUT2D eigenvalue weighted by Crippen LogP contribution is 2.27. The summed E-state index contributed by atoms with van der Waals surface area (Å²) in [4.78, 5) is 10.9. The molecule has 0 aromatic rings. The van der Waals surface area contributed by atoms with E-state index < -0.39 is 20.6 Å². The highest BCUT2D eigenvalue weighted by Gasteiger charge is 2.48. The molecular weight excluding hydrogens is 194 g/mol. The number of piperidine rings is 1. The molecule has 0 aliphatic carbocycles. The second kappa shape index (κ2) is 3.26. The zero-order valence-corrected chi connectivity index (χ0v) is 8.23. The number of nitrogens with one attached hydrogen (secondary N) is 1. The summed E-state index contributed by atoms with van der Waals surface area (Å²) in [6.45, 7) is 0.888. The van der Waals surface area contributed by atoms with Gasteiger partial charge in [0.25, 0.3) is 0 Å². The van der Waals surface area contributed by atoms with Crippen LogP contribution in [0.4, 0.5) is 0 Å². The van der Waals surface area contributed by atoms with Gasteiger partial charge in [0.15, 0.2) is 14.6 Å². The Balaban J connectivity index is 3.07. The quantitative estimate of drug-likeness (QED) is 0.621. The molecule has 6 heteroatoms. The number of carboxylic acids is 1. The lowest BCUT2D eigenvalue weighted by Crippen LogP contribution is -2.52. The molecule has 1 aliphatic rings. The second-order valence-electron chi connectivity index (χ2n) is 3.32. The van der Waals surface area contributed by atoms with E-state index in [-0.39, 0.29) is 12.8 Å². The summed E-state index contributed by atoms with van der Waals surface area (Å²) in [7, 11) is -3.53. The summed E-state index contributed by atoms with van der Waals surface area (Å²) in [6, 6.07) is 0. The van der Waals surface area contributed by atoms with E-state index in [9.17, 15) is 13.2 Å². The van der Waals surface area contributed by atoms with Crippen molar-refractivity contribution in [2.75, 3.05) is 19.3 Å². The van der Waals surface area contributed by atoms with Crippen molar-refractivity contribution in [3.8, 4) is 0 Å². The molecule has 2 N–H and O–H groups in total. The van der Waals surface area contributed by atoms with Crippen molar-refractivity contribution in [3.05, 3.63) is 0 Å². The van der Waals surface area contributed by atoms with Gasteiger partial charge in [-0.2, -0.15) is 0 Å². The zero-order chi connectivity index (χ0) is 10.1. The highest BCUT2D eigenvalue weighted by molar-refractivity contribution is 7.92. The molecule has 0 bridgehead atoms. The minimum absolute atomic E-state index is 0.154. The van der Waals surface area contributed by atoms with Gasteiger partial charge in [-0.15, -0.1) is 0 Å². The average Bonchev–Trinajstić information content (AvgIpc) is 2.03. The molecule has 0 amide bonds. The van der Waals surface area contributed by atoms with E-state index in [0.29, 0.717) is 13.1 Å². The largest absolute Gasteiger partial charge is 0.480 e. The predicted molar refractivity (Wildman–Crippen MR) is 47.3 cm³/mol. The van der Waals surface area contributed by atoms with Gasteiger partial charge < -0.3 is 10.4 Å².